The molecule has 0 atom stereocenters. The number of carbonyl (C=O) groups excluding carboxylic acids is 1. The summed E-state index contributed by atoms with van der Waals surface area (Å²) >= 11 is 1.69. The van der Waals surface area contributed by atoms with Crippen LogP contribution in [0.25, 0.3) is 10.5 Å². The van der Waals surface area contributed by atoms with Gasteiger partial charge in [-0.1, -0.05) is 74.2 Å². The van der Waals surface area contributed by atoms with Gasteiger partial charge in [0.05, 0.1) is 0 Å². The van der Waals surface area contributed by atoms with Gasteiger partial charge in [-0.25, -0.2) is 0 Å². The van der Waals surface area contributed by atoms with Crippen LogP contribution in [0.5, 0.6) is 0 Å². The highest BCUT2D eigenvalue weighted by Crippen LogP contribution is 2.36. The number of ketones is 1. The number of allylic oxidation sites excluding steroid dienone is 2. The minimum atomic E-state index is -0.0407. The van der Waals surface area contributed by atoms with Gasteiger partial charge in [-0.2, -0.15) is 0 Å². The molecule has 21 heavy (non-hydrogen) atoms. The molecule has 0 N–H and O–H groups in total. The van der Waals surface area contributed by atoms with Crippen molar-refractivity contribution in [1.82, 2.24) is 0 Å². The lowest BCUT2D eigenvalue weighted by atomic mass is 9.98. The summed E-state index contributed by atoms with van der Waals surface area (Å²) in [5.74, 6) is 0.867. The molecule has 2 aromatic carbocycles. The number of hydrogen-bond acceptors (Lipinski definition) is 2. The average Bonchev–Trinajstić information content (AvgIpc) is 2.56. The smallest absolute Gasteiger partial charge is 0.186 e. The van der Waals surface area contributed by atoms with Crippen LogP contribution < -0.4 is 0 Å². The van der Waals surface area contributed by atoms with E-state index in [1.807, 2.05) is 60.7 Å². The molecule has 2 heteroatoms. The standard InChI is InChI=1S/C19H18OS/c1-3-17(20)18(15-11-7-5-8-12-15)19(21-4-2)16-13-9-6-10-14-16/h3,5-14H,1,4H2,2H3. The van der Waals surface area contributed by atoms with Crippen LogP contribution in [0.3, 0.4) is 0 Å². The Bertz CT molecular complexity index is 642. The SMILES string of the molecule is C=CC(=O)C(=C(SCC)c1ccccc1)c1ccccc1. The van der Waals surface area contributed by atoms with Gasteiger partial charge in [0, 0.05) is 10.5 Å². The van der Waals surface area contributed by atoms with Crippen LogP contribution in [0.4, 0.5) is 0 Å². The highest BCUT2D eigenvalue weighted by atomic mass is 32.2. The van der Waals surface area contributed by atoms with Gasteiger partial charge in [-0.15, -0.1) is 11.8 Å². The van der Waals surface area contributed by atoms with E-state index in [-0.39, 0.29) is 5.78 Å². The summed E-state index contributed by atoms with van der Waals surface area (Å²) in [6.45, 7) is 5.74. The predicted molar refractivity (Wildman–Crippen MR) is 93.0 cm³/mol. The lowest BCUT2D eigenvalue weighted by Gasteiger charge is -2.13. The molecule has 0 bridgehead atoms. The zero-order chi connectivity index (χ0) is 15.1. The van der Waals surface area contributed by atoms with Crippen molar-refractivity contribution in [2.75, 3.05) is 5.75 Å². The second-order valence-electron chi connectivity index (χ2n) is 4.44. The van der Waals surface area contributed by atoms with Gasteiger partial charge in [0.2, 0.25) is 0 Å². The van der Waals surface area contributed by atoms with Gasteiger partial charge in [-0.05, 0) is 23.0 Å². The van der Waals surface area contributed by atoms with Crippen molar-refractivity contribution in [3.63, 3.8) is 0 Å². The second kappa shape index (κ2) is 7.65. The average molecular weight is 294 g/mol. The number of thioether (sulfide) groups is 1. The van der Waals surface area contributed by atoms with Crippen LogP contribution in [-0.2, 0) is 4.79 Å². The van der Waals surface area contributed by atoms with E-state index in [4.69, 9.17) is 0 Å². The lowest BCUT2D eigenvalue weighted by Crippen LogP contribution is -2.01. The molecule has 106 valence electrons. The molecule has 0 spiro atoms. The summed E-state index contributed by atoms with van der Waals surface area (Å²) in [7, 11) is 0. The minimum Gasteiger partial charge on any atom is -0.289 e. The molecule has 0 amide bonds. The predicted octanol–water partition coefficient (Wildman–Crippen LogP) is 5.06. The normalized spacial score (nSPS) is 11.7. The third-order valence-corrected chi connectivity index (χ3v) is 4.06. The summed E-state index contributed by atoms with van der Waals surface area (Å²) in [5.41, 5.74) is 2.73. The quantitative estimate of drug-likeness (QED) is 0.547. The van der Waals surface area contributed by atoms with Crippen LogP contribution in [0, 0.1) is 0 Å². The van der Waals surface area contributed by atoms with E-state index in [9.17, 15) is 4.79 Å². The number of hydrogen-bond donors (Lipinski definition) is 0. The van der Waals surface area contributed by atoms with Crippen molar-refractivity contribution in [3.8, 4) is 0 Å². The van der Waals surface area contributed by atoms with Gasteiger partial charge in [-0.3, -0.25) is 4.79 Å². The Morgan fingerprint density at radius 1 is 1.00 bits per heavy atom. The van der Waals surface area contributed by atoms with Gasteiger partial charge < -0.3 is 0 Å². The molecule has 0 aromatic heterocycles. The molecule has 0 heterocycles. The molecule has 2 rings (SSSR count). The van der Waals surface area contributed by atoms with Gasteiger partial charge in [0.1, 0.15) is 0 Å². The molecule has 0 aliphatic rings. The molecule has 0 aliphatic carbocycles. The Morgan fingerprint density at radius 3 is 2.00 bits per heavy atom. The molecule has 0 fully saturated rings. The fourth-order valence-electron chi connectivity index (χ4n) is 2.13. The Morgan fingerprint density at radius 2 is 1.52 bits per heavy atom. The van der Waals surface area contributed by atoms with Crippen LogP contribution in [0.2, 0.25) is 0 Å². The summed E-state index contributed by atoms with van der Waals surface area (Å²) in [6.07, 6.45) is 1.39. The van der Waals surface area contributed by atoms with Gasteiger partial charge in [0.25, 0.3) is 0 Å². The third-order valence-electron chi connectivity index (χ3n) is 3.05. The molecule has 0 radical (unpaired) electrons. The fourth-order valence-corrected chi connectivity index (χ4v) is 3.08. The maximum absolute atomic E-state index is 12.4. The third kappa shape index (κ3) is 3.73. The summed E-state index contributed by atoms with van der Waals surface area (Å²) in [5, 5.41) is 0. The molecule has 2 aromatic rings. The van der Waals surface area contributed by atoms with E-state index in [0.29, 0.717) is 0 Å². The Balaban J connectivity index is 2.68. The zero-order valence-corrected chi connectivity index (χ0v) is 12.9. The van der Waals surface area contributed by atoms with Crippen molar-refractivity contribution in [3.05, 3.63) is 84.4 Å². The van der Waals surface area contributed by atoms with Crippen molar-refractivity contribution >= 4 is 28.0 Å². The highest BCUT2D eigenvalue weighted by molar-refractivity contribution is 8.08. The van der Waals surface area contributed by atoms with E-state index in [1.54, 1.807) is 11.8 Å². The maximum Gasteiger partial charge on any atom is 0.186 e. The second-order valence-corrected chi connectivity index (χ2v) is 5.71. The monoisotopic (exact) mass is 294 g/mol. The number of rotatable bonds is 6. The lowest BCUT2D eigenvalue weighted by molar-refractivity contribution is -0.109. The molecular formula is C19H18OS. The van der Waals surface area contributed by atoms with Gasteiger partial charge >= 0.3 is 0 Å². The molecule has 0 aliphatic heterocycles. The van der Waals surface area contributed by atoms with Crippen molar-refractivity contribution in [2.45, 2.75) is 6.92 Å². The summed E-state index contributed by atoms with van der Waals surface area (Å²) in [4.78, 5) is 13.4. The van der Waals surface area contributed by atoms with Crippen LogP contribution >= 0.6 is 11.8 Å². The topological polar surface area (TPSA) is 17.1 Å². The zero-order valence-electron chi connectivity index (χ0n) is 12.1. The molecule has 0 unspecified atom stereocenters. The van der Waals surface area contributed by atoms with Crippen LogP contribution in [-0.4, -0.2) is 11.5 Å². The molecule has 0 saturated carbocycles. The number of benzene rings is 2. The van der Waals surface area contributed by atoms with E-state index in [1.165, 1.54) is 6.08 Å². The van der Waals surface area contributed by atoms with Crippen LogP contribution in [0.1, 0.15) is 18.1 Å². The summed E-state index contributed by atoms with van der Waals surface area (Å²) in [6, 6.07) is 19.8. The van der Waals surface area contributed by atoms with E-state index >= 15 is 0 Å². The maximum atomic E-state index is 12.4. The van der Waals surface area contributed by atoms with Gasteiger partial charge in [0.15, 0.2) is 5.78 Å². The Kier molecular flexibility index (Phi) is 5.59. The highest BCUT2D eigenvalue weighted by Gasteiger charge is 2.16. The molecule has 1 nitrogen and oxygen atoms in total. The Hall–Kier alpha value is -2.06. The first-order chi connectivity index (χ1) is 10.3. The van der Waals surface area contributed by atoms with Crippen molar-refractivity contribution in [1.29, 1.82) is 0 Å². The minimum absolute atomic E-state index is 0.0407. The first-order valence-corrected chi connectivity index (χ1v) is 7.91. The molecular weight excluding hydrogens is 276 g/mol. The fraction of sp³-hybridized carbons (Fsp3) is 0.105. The van der Waals surface area contributed by atoms with Crippen molar-refractivity contribution in [2.24, 2.45) is 0 Å². The van der Waals surface area contributed by atoms with Crippen molar-refractivity contribution < 1.29 is 4.79 Å². The van der Waals surface area contributed by atoms with E-state index in [2.05, 4.69) is 13.5 Å². The molecule has 0 saturated heterocycles. The Labute approximate surface area is 130 Å². The summed E-state index contributed by atoms with van der Waals surface area (Å²) < 4.78 is 0. The van der Waals surface area contributed by atoms with E-state index in [0.717, 1.165) is 27.4 Å². The van der Waals surface area contributed by atoms with Crippen LogP contribution in [0.15, 0.2) is 73.3 Å². The largest absolute Gasteiger partial charge is 0.289 e. The first-order valence-electron chi connectivity index (χ1n) is 6.92. The van der Waals surface area contributed by atoms with E-state index < -0.39 is 0 Å². The first kappa shape index (κ1) is 15.3. The number of carbonyl (C=O) groups is 1.